The number of rotatable bonds is 1. The van der Waals surface area contributed by atoms with Crippen LogP contribution >= 0.6 is 0 Å². The van der Waals surface area contributed by atoms with Crippen molar-refractivity contribution in [2.24, 2.45) is 0 Å². The van der Waals surface area contributed by atoms with E-state index in [0.717, 1.165) is 5.52 Å². The van der Waals surface area contributed by atoms with E-state index >= 15 is 0 Å². The lowest BCUT2D eigenvalue weighted by atomic mass is 10.2. The highest BCUT2D eigenvalue weighted by atomic mass is 16.5. The maximum absolute atomic E-state index is 10.7. The summed E-state index contributed by atoms with van der Waals surface area (Å²) in [5, 5.41) is 10.1. The van der Waals surface area contributed by atoms with Gasteiger partial charge in [0.2, 0.25) is 5.88 Å². The number of benzene rings is 1. The molecule has 4 nitrogen and oxygen atoms in total. The number of nitrogens with one attached hydrogen (secondary N) is 1. The van der Waals surface area contributed by atoms with Gasteiger partial charge in [0.15, 0.2) is 0 Å². The second-order valence-corrected chi connectivity index (χ2v) is 2.97. The summed E-state index contributed by atoms with van der Waals surface area (Å²) in [6.07, 6.45) is 0. The van der Waals surface area contributed by atoms with E-state index < -0.39 is 5.97 Å². The van der Waals surface area contributed by atoms with Crippen molar-refractivity contribution in [1.29, 1.82) is 0 Å². The molecule has 72 valence electrons. The first kappa shape index (κ1) is 8.62. The molecule has 0 aliphatic carbocycles. The first-order valence-electron chi connectivity index (χ1n) is 4.16. The van der Waals surface area contributed by atoms with Gasteiger partial charge in [-0.3, -0.25) is 4.79 Å². The highest BCUT2D eigenvalue weighted by Crippen LogP contribution is 2.27. The smallest absolute Gasteiger partial charge is 0.309 e. The molecule has 2 aromatic rings. The Morgan fingerprint density at radius 2 is 2.29 bits per heavy atom. The number of aromatic amines is 1. The average Bonchev–Trinajstić information content (AvgIpc) is 2.47. The quantitative estimate of drug-likeness (QED) is 0.675. The number of hydrogen-bond donors (Lipinski definition) is 2. The van der Waals surface area contributed by atoms with Crippen molar-refractivity contribution < 1.29 is 14.6 Å². The average molecular weight is 191 g/mol. The molecule has 0 radical (unpaired) electrons. The van der Waals surface area contributed by atoms with E-state index in [1.54, 1.807) is 24.3 Å². The summed E-state index contributed by atoms with van der Waals surface area (Å²) >= 11 is 0. The molecule has 1 aromatic heterocycles. The highest BCUT2D eigenvalue weighted by Gasteiger charge is 2.06. The Hall–Kier alpha value is -1.97. The molecule has 2 rings (SSSR count). The molecule has 0 saturated carbocycles. The second-order valence-electron chi connectivity index (χ2n) is 2.97. The van der Waals surface area contributed by atoms with Crippen LogP contribution in [0.15, 0.2) is 24.3 Å². The molecule has 0 aliphatic heterocycles. The van der Waals surface area contributed by atoms with Crippen molar-refractivity contribution in [3.63, 3.8) is 0 Å². The Morgan fingerprint density at radius 3 is 2.93 bits per heavy atom. The van der Waals surface area contributed by atoms with E-state index in [9.17, 15) is 9.90 Å². The molecular weight excluding hydrogens is 182 g/mol. The van der Waals surface area contributed by atoms with Crippen molar-refractivity contribution in [3.8, 4) is 11.6 Å². The highest BCUT2D eigenvalue weighted by molar-refractivity contribution is 5.87. The van der Waals surface area contributed by atoms with Crippen LogP contribution in [0.2, 0.25) is 0 Å². The van der Waals surface area contributed by atoms with E-state index in [1.165, 1.54) is 6.92 Å². The van der Waals surface area contributed by atoms with Gasteiger partial charge in [-0.2, -0.15) is 0 Å². The second kappa shape index (κ2) is 3.06. The van der Waals surface area contributed by atoms with Crippen molar-refractivity contribution >= 4 is 16.9 Å². The molecule has 0 unspecified atom stereocenters. The topological polar surface area (TPSA) is 62.3 Å². The lowest BCUT2D eigenvalue weighted by Gasteiger charge is -1.93. The summed E-state index contributed by atoms with van der Waals surface area (Å²) in [6, 6.07) is 6.67. The largest absolute Gasteiger partial charge is 0.507 e. The standard InChI is InChI=1S/C10H9NO3/c1-6(12)14-10-5-7-8(11-10)3-2-4-9(7)13/h2-5,11,13H,1H3. The van der Waals surface area contributed by atoms with Crippen LogP contribution < -0.4 is 4.74 Å². The maximum atomic E-state index is 10.7. The van der Waals surface area contributed by atoms with E-state index in [4.69, 9.17) is 4.74 Å². The number of hydrogen-bond acceptors (Lipinski definition) is 3. The van der Waals surface area contributed by atoms with Crippen LogP contribution in [-0.4, -0.2) is 16.1 Å². The van der Waals surface area contributed by atoms with Gasteiger partial charge in [0.25, 0.3) is 0 Å². The first-order chi connectivity index (χ1) is 6.66. The summed E-state index contributed by atoms with van der Waals surface area (Å²) in [7, 11) is 0. The number of fused-ring (bicyclic) bond motifs is 1. The van der Waals surface area contributed by atoms with Crippen LogP contribution in [-0.2, 0) is 4.79 Å². The molecule has 0 fully saturated rings. The van der Waals surface area contributed by atoms with Gasteiger partial charge < -0.3 is 14.8 Å². The summed E-state index contributed by atoms with van der Waals surface area (Å²) < 4.78 is 4.85. The number of esters is 1. The van der Waals surface area contributed by atoms with Gasteiger partial charge >= 0.3 is 5.97 Å². The minimum Gasteiger partial charge on any atom is -0.507 e. The van der Waals surface area contributed by atoms with Gasteiger partial charge in [-0.05, 0) is 12.1 Å². The number of carbonyl (C=O) groups is 1. The lowest BCUT2D eigenvalue weighted by Crippen LogP contribution is -2.00. The number of H-pyrrole nitrogens is 1. The molecule has 4 heteroatoms. The number of aromatic hydroxyl groups is 1. The monoisotopic (exact) mass is 191 g/mol. The molecule has 0 spiro atoms. The summed E-state index contributed by atoms with van der Waals surface area (Å²) in [5.74, 6) is 0.113. The molecule has 0 saturated heterocycles. The van der Waals surface area contributed by atoms with Crippen LogP contribution in [0.3, 0.4) is 0 Å². The summed E-state index contributed by atoms with van der Waals surface area (Å²) in [5.41, 5.74) is 0.737. The normalized spacial score (nSPS) is 10.4. The predicted molar refractivity (Wildman–Crippen MR) is 51.3 cm³/mol. The van der Waals surface area contributed by atoms with E-state index in [0.29, 0.717) is 11.3 Å². The van der Waals surface area contributed by atoms with Gasteiger partial charge in [0.1, 0.15) is 5.75 Å². The van der Waals surface area contributed by atoms with Crippen LogP contribution in [0.4, 0.5) is 0 Å². The fourth-order valence-corrected chi connectivity index (χ4v) is 1.32. The number of phenols is 1. The van der Waals surface area contributed by atoms with Crippen molar-refractivity contribution in [2.75, 3.05) is 0 Å². The van der Waals surface area contributed by atoms with Gasteiger partial charge in [0, 0.05) is 18.4 Å². The molecule has 14 heavy (non-hydrogen) atoms. The molecule has 1 aromatic carbocycles. The van der Waals surface area contributed by atoms with E-state index in [2.05, 4.69) is 4.98 Å². The minimum absolute atomic E-state index is 0.164. The zero-order valence-corrected chi connectivity index (χ0v) is 7.57. The molecule has 0 bridgehead atoms. The number of aromatic nitrogens is 1. The Balaban J connectivity index is 2.51. The van der Waals surface area contributed by atoms with Crippen molar-refractivity contribution in [1.82, 2.24) is 4.98 Å². The summed E-state index contributed by atoms with van der Waals surface area (Å²) in [6.45, 7) is 1.32. The van der Waals surface area contributed by atoms with Gasteiger partial charge in [-0.15, -0.1) is 0 Å². The fraction of sp³-hybridized carbons (Fsp3) is 0.100. The number of carbonyl (C=O) groups excluding carboxylic acids is 1. The first-order valence-corrected chi connectivity index (χ1v) is 4.16. The fourth-order valence-electron chi connectivity index (χ4n) is 1.32. The molecule has 2 N–H and O–H groups in total. The Kier molecular flexibility index (Phi) is 1.89. The number of phenolic OH excluding ortho intramolecular Hbond substituents is 1. The zero-order valence-electron chi connectivity index (χ0n) is 7.57. The lowest BCUT2D eigenvalue weighted by molar-refractivity contribution is -0.132. The Labute approximate surface area is 80.1 Å². The van der Waals surface area contributed by atoms with Gasteiger partial charge in [0.05, 0.1) is 5.52 Å². The molecule has 0 amide bonds. The minimum atomic E-state index is -0.393. The van der Waals surface area contributed by atoms with E-state index in [-0.39, 0.29) is 5.75 Å². The molecular formula is C10H9NO3. The predicted octanol–water partition coefficient (Wildman–Crippen LogP) is 1.80. The SMILES string of the molecule is CC(=O)Oc1cc2c(O)cccc2[nH]1. The zero-order chi connectivity index (χ0) is 10.1. The van der Waals surface area contributed by atoms with Crippen LogP contribution in [0.5, 0.6) is 11.6 Å². The summed E-state index contributed by atoms with van der Waals surface area (Å²) in [4.78, 5) is 13.5. The van der Waals surface area contributed by atoms with Crippen molar-refractivity contribution in [3.05, 3.63) is 24.3 Å². The third-order valence-corrected chi connectivity index (χ3v) is 1.87. The third-order valence-electron chi connectivity index (χ3n) is 1.87. The Morgan fingerprint density at radius 1 is 1.50 bits per heavy atom. The molecule has 1 heterocycles. The third kappa shape index (κ3) is 1.42. The van der Waals surface area contributed by atoms with E-state index in [1.807, 2.05) is 0 Å². The van der Waals surface area contributed by atoms with Crippen LogP contribution in [0.1, 0.15) is 6.92 Å². The molecule has 0 atom stereocenters. The molecule has 0 aliphatic rings. The van der Waals surface area contributed by atoms with Crippen LogP contribution in [0.25, 0.3) is 10.9 Å². The maximum Gasteiger partial charge on any atom is 0.309 e. The van der Waals surface area contributed by atoms with Gasteiger partial charge in [-0.25, -0.2) is 0 Å². The van der Waals surface area contributed by atoms with Gasteiger partial charge in [-0.1, -0.05) is 6.07 Å². The van der Waals surface area contributed by atoms with Crippen LogP contribution in [0, 0.1) is 0 Å². The van der Waals surface area contributed by atoms with Crippen molar-refractivity contribution in [2.45, 2.75) is 6.92 Å². The number of ether oxygens (including phenoxy) is 1. The Bertz CT molecular complexity index is 487.